The molecule has 1 aromatic rings. The van der Waals surface area contributed by atoms with Crippen LogP contribution < -0.4 is 5.32 Å². The lowest BCUT2D eigenvalue weighted by Gasteiger charge is -2.29. The number of nitrogens with one attached hydrogen (secondary N) is 1. The van der Waals surface area contributed by atoms with Crippen LogP contribution >= 0.6 is 39.3 Å². The molecule has 2 atom stereocenters. The number of hydrogen-bond donors (Lipinski definition) is 1. The van der Waals surface area contributed by atoms with E-state index in [0.717, 1.165) is 15.5 Å². The summed E-state index contributed by atoms with van der Waals surface area (Å²) < 4.78 is 0.941. The molecular weight excluding hydrogens is 320 g/mol. The normalized spacial score (nSPS) is 24.6. The molecule has 0 bridgehead atoms. The third-order valence-corrected chi connectivity index (χ3v) is 5.01. The molecule has 0 spiro atoms. The van der Waals surface area contributed by atoms with E-state index in [4.69, 9.17) is 11.6 Å². The van der Waals surface area contributed by atoms with Crippen LogP contribution in [0, 0.1) is 0 Å². The van der Waals surface area contributed by atoms with Crippen LogP contribution in [0.3, 0.4) is 0 Å². The van der Waals surface area contributed by atoms with Gasteiger partial charge < -0.3 is 5.32 Å². The SMILES string of the molecule is CSC1CCCC(Nc2ncc(Cl)cc2Br)C1. The minimum Gasteiger partial charge on any atom is -0.366 e. The molecule has 17 heavy (non-hydrogen) atoms. The smallest absolute Gasteiger partial charge is 0.140 e. The summed E-state index contributed by atoms with van der Waals surface area (Å²) in [6.45, 7) is 0. The molecule has 2 rings (SSSR count). The molecule has 1 heterocycles. The fraction of sp³-hybridized carbons (Fsp3) is 0.583. The predicted molar refractivity (Wildman–Crippen MR) is 80.1 cm³/mol. The Bertz CT molecular complexity index is 389. The van der Waals surface area contributed by atoms with Crippen LogP contribution in [0.25, 0.3) is 0 Å². The lowest BCUT2D eigenvalue weighted by atomic mass is 9.95. The molecule has 0 saturated heterocycles. The Balaban J connectivity index is 2.00. The van der Waals surface area contributed by atoms with E-state index >= 15 is 0 Å². The van der Waals surface area contributed by atoms with Gasteiger partial charge in [-0.1, -0.05) is 18.0 Å². The first-order valence-corrected chi connectivity index (χ1v) is 8.25. The summed E-state index contributed by atoms with van der Waals surface area (Å²) in [5.74, 6) is 0.904. The zero-order valence-corrected chi connectivity index (χ0v) is 12.9. The van der Waals surface area contributed by atoms with Gasteiger partial charge in [0.25, 0.3) is 0 Å². The molecule has 1 fully saturated rings. The van der Waals surface area contributed by atoms with Gasteiger partial charge in [-0.3, -0.25) is 0 Å². The summed E-state index contributed by atoms with van der Waals surface area (Å²) >= 11 is 11.3. The van der Waals surface area contributed by atoms with E-state index in [1.165, 1.54) is 25.7 Å². The highest BCUT2D eigenvalue weighted by atomic mass is 79.9. The maximum atomic E-state index is 5.88. The third kappa shape index (κ3) is 3.76. The van der Waals surface area contributed by atoms with Crippen molar-refractivity contribution in [2.75, 3.05) is 11.6 Å². The Kier molecular flexibility index (Phi) is 5.00. The highest BCUT2D eigenvalue weighted by molar-refractivity contribution is 9.10. The van der Waals surface area contributed by atoms with Gasteiger partial charge >= 0.3 is 0 Å². The average molecular weight is 336 g/mol. The van der Waals surface area contributed by atoms with Crippen LogP contribution in [0.2, 0.25) is 5.02 Å². The maximum absolute atomic E-state index is 5.88. The molecule has 0 aromatic carbocycles. The van der Waals surface area contributed by atoms with Gasteiger partial charge in [-0.2, -0.15) is 11.8 Å². The lowest BCUT2D eigenvalue weighted by Crippen LogP contribution is -2.29. The average Bonchev–Trinajstić information content (AvgIpc) is 2.33. The second kappa shape index (κ2) is 6.30. The molecular formula is C12H16BrClN2S. The summed E-state index contributed by atoms with van der Waals surface area (Å²) in [6, 6.07) is 2.41. The first kappa shape index (κ1) is 13.5. The van der Waals surface area contributed by atoms with E-state index < -0.39 is 0 Å². The topological polar surface area (TPSA) is 24.9 Å². The summed E-state index contributed by atoms with van der Waals surface area (Å²) in [7, 11) is 0. The van der Waals surface area contributed by atoms with Crippen molar-refractivity contribution in [1.29, 1.82) is 0 Å². The van der Waals surface area contributed by atoms with Gasteiger partial charge in [0.15, 0.2) is 0 Å². The van der Waals surface area contributed by atoms with Crippen molar-refractivity contribution >= 4 is 45.1 Å². The number of nitrogens with zero attached hydrogens (tertiary/aromatic N) is 1. The summed E-state index contributed by atoms with van der Waals surface area (Å²) in [4.78, 5) is 4.33. The van der Waals surface area contributed by atoms with Crippen LogP contribution in [0.4, 0.5) is 5.82 Å². The van der Waals surface area contributed by atoms with Gasteiger partial charge in [0.05, 0.1) is 9.50 Å². The summed E-state index contributed by atoms with van der Waals surface area (Å²) in [5, 5.41) is 4.96. The number of rotatable bonds is 3. The van der Waals surface area contributed by atoms with Crippen molar-refractivity contribution in [3.8, 4) is 0 Å². The van der Waals surface area contributed by atoms with Gasteiger partial charge in [0.2, 0.25) is 0 Å². The highest BCUT2D eigenvalue weighted by Gasteiger charge is 2.21. The van der Waals surface area contributed by atoms with E-state index in [0.29, 0.717) is 11.1 Å². The van der Waals surface area contributed by atoms with Gasteiger partial charge in [0, 0.05) is 17.5 Å². The number of aromatic nitrogens is 1. The first-order valence-electron chi connectivity index (χ1n) is 5.79. The number of thioether (sulfide) groups is 1. The molecule has 0 radical (unpaired) electrons. The first-order chi connectivity index (χ1) is 8.19. The minimum absolute atomic E-state index is 0.533. The predicted octanol–water partition coefficient (Wildman–Crippen LogP) is 4.58. The number of halogens is 2. The van der Waals surface area contributed by atoms with Crippen LogP contribution in [0.5, 0.6) is 0 Å². The molecule has 0 aliphatic heterocycles. The Hall–Kier alpha value is 0.0700. The lowest BCUT2D eigenvalue weighted by molar-refractivity contribution is 0.472. The van der Waals surface area contributed by atoms with Crippen molar-refractivity contribution in [3.05, 3.63) is 21.8 Å². The maximum Gasteiger partial charge on any atom is 0.140 e. The molecule has 1 aliphatic rings. The fourth-order valence-electron chi connectivity index (χ4n) is 2.20. The van der Waals surface area contributed by atoms with Crippen molar-refractivity contribution in [2.24, 2.45) is 0 Å². The zero-order valence-electron chi connectivity index (χ0n) is 9.75. The Morgan fingerprint density at radius 2 is 2.35 bits per heavy atom. The standard InChI is InChI=1S/C12H16BrClN2S/c1-17-10-4-2-3-9(6-10)16-12-11(13)5-8(14)7-15-12/h5,7,9-10H,2-4,6H2,1H3,(H,15,16). The van der Waals surface area contributed by atoms with E-state index in [1.807, 2.05) is 17.8 Å². The molecule has 1 N–H and O–H groups in total. The van der Waals surface area contributed by atoms with Crippen molar-refractivity contribution in [2.45, 2.75) is 37.0 Å². The molecule has 1 saturated carbocycles. The van der Waals surface area contributed by atoms with Gasteiger partial charge in [-0.25, -0.2) is 4.98 Å². The second-order valence-corrected chi connectivity index (χ2v) is 6.78. The minimum atomic E-state index is 0.533. The van der Waals surface area contributed by atoms with Crippen LogP contribution in [0.1, 0.15) is 25.7 Å². The molecule has 5 heteroatoms. The van der Waals surface area contributed by atoms with Crippen LogP contribution in [-0.4, -0.2) is 22.5 Å². The van der Waals surface area contributed by atoms with E-state index in [2.05, 4.69) is 32.5 Å². The number of anilines is 1. The number of hydrogen-bond acceptors (Lipinski definition) is 3. The molecule has 2 unspecified atom stereocenters. The summed E-state index contributed by atoms with van der Waals surface area (Å²) in [6.07, 6.45) is 8.97. The molecule has 2 nitrogen and oxygen atoms in total. The van der Waals surface area contributed by atoms with Crippen molar-refractivity contribution < 1.29 is 0 Å². The Labute approximate surface area is 120 Å². The van der Waals surface area contributed by atoms with E-state index in [9.17, 15) is 0 Å². The van der Waals surface area contributed by atoms with Crippen LogP contribution in [-0.2, 0) is 0 Å². The number of pyridine rings is 1. The van der Waals surface area contributed by atoms with Gasteiger partial charge in [-0.15, -0.1) is 0 Å². The third-order valence-electron chi connectivity index (χ3n) is 3.11. The van der Waals surface area contributed by atoms with Crippen molar-refractivity contribution in [1.82, 2.24) is 4.98 Å². The van der Waals surface area contributed by atoms with E-state index in [-0.39, 0.29) is 0 Å². The molecule has 0 amide bonds. The molecule has 1 aromatic heterocycles. The fourth-order valence-corrected chi connectivity index (χ4v) is 3.78. The second-order valence-electron chi connectivity index (χ2n) is 4.35. The van der Waals surface area contributed by atoms with E-state index in [1.54, 1.807) is 6.20 Å². The Morgan fingerprint density at radius 1 is 1.53 bits per heavy atom. The van der Waals surface area contributed by atoms with Crippen molar-refractivity contribution in [3.63, 3.8) is 0 Å². The van der Waals surface area contributed by atoms with Crippen LogP contribution in [0.15, 0.2) is 16.7 Å². The molecule has 94 valence electrons. The zero-order chi connectivity index (χ0) is 12.3. The summed E-state index contributed by atoms with van der Waals surface area (Å²) in [5.41, 5.74) is 0. The van der Waals surface area contributed by atoms with Gasteiger partial charge in [0.1, 0.15) is 5.82 Å². The monoisotopic (exact) mass is 334 g/mol. The van der Waals surface area contributed by atoms with Gasteiger partial charge in [-0.05, 0) is 47.5 Å². The Morgan fingerprint density at radius 3 is 3.06 bits per heavy atom. The largest absolute Gasteiger partial charge is 0.366 e. The highest BCUT2D eigenvalue weighted by Crippen LogP contribution is 2.30. The molecule has 1 aliphatic carbocycles. The quantitative estimate of drug-likeness (QED) is 0.875.